The van der Waals surface area contributed by atoms with Gasteiger partial charge in [-0.05, 0) is 48.2 Å². The minimum absolute atomic E-state index is 0.402. The SMILES string of the molecule is Cc1cccc(CNC(C)Cc2ccsc2)c1O. The molecule has 0 saturated carbocycles. The third-order valence-corrected chi connectivity index (χ3v) is 3.82. The largest absolute Gasteiger partial charge is 0.507 e. The third kappa shape index (κ3) is 3.34. The van der Waals surface area contributed by atoms with Crippen LogP contribution >= 0.6 is 11.3 Å². The van der Waals surface area contributed by atoms with Crippen molar-refractivity contribution in [2.24, 2.45) is 0 Å². The second-order valence-electron chi connectivity index (χ2n) is 4.70. The molecule has 1 aromatic heterocycles. The highest BCUT2D eigenvalue weighted by Gasteiger charge is 2.07. The van der Waals surface area contributed by atoms with Gasteiger partial charge in [0.15, 0.2) is 0 Å². The van der Waals surface area contributed by atoms with Crippen molar-refractivity contribution < 1.29 is 5.11 Å². The molecule has 0 aliphatic rings. The van der Waals surface area contributed by atoms with Crippen molar-refractivity contribution in [3.63, 3.8) is 0 Å². The number of nitrogens with one attached hydrogen (secondary N) is 1. The van der Waals surface area contributed by atoms with Crippen LogP contribution in [-0.4, -0.2) is 11.1 Å². The fraction of sp³-hybridized carbons (Fsp3) is 0.333. The molecule has 1 unspecified atom stereocenters. The molecule has 96 valence electrons. The van der Waals surface area contributed by atoms with E-state index in [0.29, 0.717) is 18.3 Å². The van der Waals surface area contributed by atoms with Crippen molar-refractivity contribution in [2.75, 3.05) is 0 Å². The number of phenols is 1. The Balaban J connectivity index is 1.89. The van der Waals surface area contributed by atoms with Gasteiger partial charge in [-0.15, -0.1) is 0 Å². The molecule has 0 saturated heterocycles. The zero-order valence-corrected chi connectivity index (χ0v) is 11.6. The first-order valence-electron chi connectivity index (χ1n) is 6.18. The number of para-hydroxylation sites is 1. The van der Waals surface area contributed by atoms with Crippen LogP contribution in [0, 0.1) is 6.92 Å². The summed E-state index contributed by atoms with van der Waals surface area (Å²) in [7, 11) is 0. The van der Waals surface area contributed by atoms with Crippen molar-refractivity contribution in [2.45, 2.75) is 32.9 Å². The lowest BCUT2D eigenvalue weighted by Crippen LogP contribution is -2.27. The molecule has 3 heteroatoms. The van der Waals surface area contributed by atoms with Gasteiger partial charge in [0.1, 0.15) is 5.75 Å². The highest BCUT2D eigenvalue weighted by molar-refractivity contribution is 7.07. The van der Waals surface area contributed by atoms with Gasteiger partial charge in [0.2, 0.25) is 0 Å². The van der Waals surface area contributed by atoms with Crippen LogP contribution in [0.15, 0.2) is 35.0 Å². The quantitative estimate of drug-likeness (QED) is 0.863. The summed E-state index contributed by atoms with van der Waals surface area (Å²) in [4.78, 5) is 0. The van der Waals surface area contributed by atoms with Crippen LogP contribution < -0.4 is 5.32 Å². The predicted octanol–water partition coefficient (Wildman–Crippen LogP) is 3.48. The zero-order chi connectivity index (χ0) is 13.0. The van der Waals surface area contributed by atoms with Crippen LogP contribution in [0.5, 0.6) is 5.75 Å². The normalized spacial score (nSPS) is 12.6. The topological polar surface area (TPSA) is 32.3 Å². The van der Waals surface area contributed by atoms with E-state index in [9.17, 15) is 5.11 Å². The molecule has 0 bridgehead atoms. The standard InChI is InChI=1S/C15H19NOS/c1-11-4-3-5-14(15(11)17)9-16-12(2)8-13-6-7-18-10-13/h3-7,10,12,16-17H,8-9H2,1-2H3. The van der Waals surface area contributed by atoms with Gasteiger partial charge in [-0.1, -0.05) is 18.2 Å². The van der Waals surface area contributed by atoms with Crippen LogP contribution in [0.25, 0.3) is 0 Å². The number of phenolic OH excluding ortho intramolecular Hbond substituents is 1. The smallest absolute Gasteiger partial charge is 0.122 e. The Labute approximate surface area is 112 Å². The van der Waals surface area contributed by atoms with Crippen LogP contribution in [0.1, 0.15) is 23.6 Å². The van der Waals surface area contributed by atoms with Crippen molar-refractivity contribution in [1.29, 1.82) is 0 Å². The van der Waals surface area contributed by atoms with E-state index in [1.54, 1.807) is 11.3 Å². The summed E-state index contributed by atoms with van der Waals surface area (Å²) < 4.78 is 0. The van der Waals surface area contributed by atoms with Gasteiger partial charge in [0, 0.05) is 18.2 Å². The van der Waals surface area contributed by atoms with Crippen LogP contribution in [0.2, 0.25) is 0 Å². The molecule has 0 aliphatic heterocycles. The summed E-state index contributed by atoms with van der Waals surface area (Å²) in [5.41, 5.74) is 3.26. The summed E-state index contributed by atoms with van der Waals surface area (Å²) in [5.74, 6) is 0.410. The van der Waals surface area contributed by atoms with Crippen molar-refractivity contribution in [3.8, 4) is 5.75 Å². The van der Waals surface area contributed by atoms with Gasteiger partial charge >= 0.3 is 0 Å². The lowest BCUT2D eigenvalue weighted by Gasteiger charge is -2.14. The molecule has 0 radical (unpaired) electrons. The van der Waals surface area contributed by atoms with Gasteiger partial charge in [0.05, 0.1) is 0 Å². The number of rotatable bonds is 5. The minimum Gasteiger partial charge on any atom is -0.507 e. The van der Waals surface area contributed by atoms with E-state index in [2.05, 4.69) is 29.1 Å². The monoisotopic (exact) mass is 261 g/mol. The van der Waals surface area contributed by atoms with E-state index >= 15 is 0 Å². The van der Waals surface area contributed by atoms with E-state index in [1.165, 1.54) is 5.56 Å². The molecule has 1 aromatic carbocycles. The zero-order valence-electron chi connectivity index (χ0n) is 10.8. The van der Waals surface area contributed by atoms with Gasteiger partial charge in [-0.3, -0.25) is 0 Å². The Morgan fingerprint density at radius 3 is 2.89 bits per heavy atom. The Morgan fingerprint density at radius 1 is 1.33 bits per heavy atom. The van der Waals surface area contributed by atoms with E-state index in [0.717, 1.165) is 17.5 Å². The van der Waals surface area contributed by atoms with Crippen LogP contribution in [-0.2, 0) is 13.0 Å². The summed E-state index contributed by atoms with van der Waals surface area (Å²) in [6.45, 7) is 4.80. The van der Waals surface area contributed by atoms with E-state index in [-0.39, 0.29) is 0 Å². The van der Waals surface area contributed by atoms with Crippen molar-refractivity contribution in [3.05, 3.63) is 51.7 Å². The predicted molar refractivity (Wildman–Crippen MR) is 77.2 cm³/mol. The maximum atomic E-state index is 9.93. The van der Waals surface area contributed by atoms with Crippen LogP contribution in [0.3, 0.4) is 0 Å². The van der Waals surface area contributed by atoms with Gasteiger partial charge < -0.3 is 10.4 Å². The van der Waals surface area contributed by atoms with Crippen molar-refractivity contribution in [1.82, 2.24) is 5.32 Å². The fourth-order valence-electron chi connectivity index (χ4n) is 1.98. The summed E-state index contributed by atoms with van der Waals surface area (Å²) in [6.07, 6.45) is 1.02. The number of aromatic hydroxyl groups is 1. The molecule has 1 heterocycles. The average molecular weight is 261 g/mol. The molecule has 2 rings (SSSR count). The van der Waals surface area contributed by atoms with Crippen molar-refractivity contribution >= 4 is 11.3 Å². The maximum Gasteiger partial charge on any atom is 0.122 e. The molecule has 0 aliphatic carbocycles. The van der Waals surface area contributed by atoms with Gasteiger partial charge in [-0.25, -0.2) is 0 Å². The van der Waals surface area contributed by atoms with Gasteiger partial charge in [-0.2, -0.15) is 11.3 Å². The lowest BCUT2D eigenvalue weighted by atomic mass is 10.1. The molecule has 0 amide bonds. The summed E-state index contributed by atoms with van der Waals surface area (Å²) in [5, 5.41) is 17.7. The molecule has 18 heavy (non-hydrogen) atoms. The second kappa shape index (κ2) is 6.03. The lowest BCUT2D eigenvalue weighted by molar-refractivity contribution is 0.455. The number of hydrogen-bond donors (Lipinski definition) is 2. The van der Waals surface area contributed by atoms with E-state index in [4.69, 9.17) is 0 Å². The number of aryl methyl sites for hydroxylation is 1. The fourth-order valence-corrected chi connectivity index (χ4v) is 2.66. The first kappa shape index (κ1) is 13.1. The number of hydrogen-bond acceptors (Lipinski definition) is 3. The molecule has 0 fully saturated rings. The molecular weight excluding hydrogens is 242 g/mol. The number of thiophene rings is 1. The Kier molecular flexibility index (Phi) is 4.39. The molecular formula is C15H19NOS. The Bertz CT molecular complexity index is 493. The van der Waals surface area contributed by atoms with E-state index in [1.807, 2.05) is 25.1 Å². The summed E-state index contributed by atoms with van der Waals surface area (Å²) in [6, 6.07) is 8.43. The average Bonchev–Trinajstić information content (AvgIpc) is 2.84. The van der Waals surface area contributed by atoms with Crippen LogP contribution in [0.4, 0.5) is 0 Å². The number of benzene rings is 1. The van der Waals surface area contributed by atoms with Gasteiger partial charge in [0.25, 0.3) is 0 Å². The molecule has 1 atom stereocenters. The summed E-state index contributed by atoms with van der Waals surface area (Å²) >= 11 is 1.73. The Hall–Kier alpha value is -1.32. The third-order valence-electron chi connectivity index (χ3n) is 3.08. The second-order valence-corrected chi connectivity index (χ2v) is 5.48. The minimum atomic E-state index is 0.402. The molecule has 2 nitrogen and oxygen atoms in total. The molecule has 0 spiro atoms. The van der Waals surface area contributed by atoms with E-state index < -0.39 is 0 Å². The first-order valence-corrected chi connectivity index (χ1v) is 7.13. The molecule has 2 aromatic rings. The first-order chi connectivity index (χ1) is 8.66. The highest BCUT2D eigenvalue weighted by Crippen LogP contribution is 2.21. The maximum absolute atomic E-state index is 9.93. The molecule has 2 N–H and O–H groups in total. The highest BCUT2D eigenvalue weighted by atomic mass is 32.1. The Morgan fingerprint density at radius 2 is 2.17 bits per heavy atom.